The summed E-state index contributed by atoms with van der Waals surface area (Å²) < 4.78 is 0. The van der Waals surface area contributed by atoms with Crippen LogP contribution in [0, 0.1) is 0 Å². The van der Waals surface area contributed by atoms with Crippen molar-refractivity contribution in [3.63, 3.8) is 0 Å². The molecule has 0 aromatic heterocycles. The van der Waals surface area contributed by atoms with Crippen molar-refractivity contribution < 1.29 is 29.7 Å². The summed E-state index contributed by atoms with van der Waals surface area (Å²) in [5, 5.41) is 31.0. The van der Waals surface area contributed by atoms with Gasteiger partial charge in [0.15, 0.2) is 11.6 Å². The van der Waals surface area contributed by atoms with Gasteiger partial charge in [0.05, 0.1) is 16.7 Å². The molecule has 2 aliphatic carbocycles. The topological polar surface area (TPSA) is 112 Å². The van der Waals surface area contributed by atoms with Crippen LogP contribution < -0.4 is 10.4 Å². The van der Waals surface area contributed by atoms with E-state index in [-0.39, 0.29) is 50.6 Å². The minimum absolute atomic E-state index is 0.0166. The maximum absolute atomic E-state index is 12.7. The Kier molecular flexibility index (Phi) is 2.69. The fourth-order valence-corrected chi connectivity index (χ4v) is 3.21. The van der Waals surface area contributed by atoms with Gasteiger partial charge < -0.3 is 15.3 Å². The number of phenolic OH excluding ortho intramolecular Hbond substituents is 3. The van der Waals surface area contributed by atoms with E-state index in [4.69, 9.17) is 0 Å². The number of rotatable bonds is 0. The third-order valence-electron chi connectivity index (χ3n) is 4.30. The van der Waals surface area contributed by atoms with Gasteiger partial charge in [-0.3, -0.25) is 14.4 Å². The third kappa shape index (κ3) is 1.62. The Morgan fingerprint density at radius 3 is 2.21 bits per heavy atom. The second-order valence-electron chi connectivity index (χ2n) is 5.65. The average molecular weight is 322 g/mol. The first kappa shape index (κ1) is 14.2. The molecule has 2 aromatic rings. The summed E-state index contributed by atoms with van der Waals surface area (Å²) in [6.45, 7) is 0. The highest BCUT2D eigenvalue weighted by molar-refractivity contribution is 6.31. The molecule has 0 heterocycles. The van der Waals surface area contributed by atoms with E-state index < -0.39 is 23.1 Å². The van der Waals surface area contributed by atoms with Crippen molar-refractivity contribution in [2.75, 3.05) is 0 Å². The van der Waals surface area contributed by atoms with Crippen LogP contribution >= 0.6 is 0 Å². The molecule has 2 aliphatic rings. The van der Waals surface area contributed by atoms with Crippen LogP contribution in [0.1, 0.15) is 38.3 Å². The molecule has 0 spiro atoms. The van der Waals surface area contributed by atoms with Crippen LogP contribution in [0.15, 0.2) is 18.2 Å². The summed E-state index contributed by atoms with van der Waals surface area (Å²) in [5.41, 5.74) is -0.980. The van der Waals surface area contributed by atoms with E-state index >= 15 is 0 Å². The lowest BCUT2D eigenvalue weighted by molar-refractivity contribution is -0.112. The summed E-state index contributed by atoms with van der Waals surface area (Å²) in [6.07, 6.45) is 2.55. The van der Waals surface area contributed by atoms with Gasteiger partial charge in [0.2, 0.25) is 5.78 Å². The van der Waals surface area contributed by atoms with Crippen molar-refractivity contribution in [3.05, 3.63) is 50.9 Å². The van der Waals surface area contributed by atoms with Gasteiger partial charge in [-0.2, -0.15) is 0 Å². The van der Waals surface area contributed by atoms with Gasteiger partial charge >= 0.3 is 0 Å². The predicted molar refractivity (Wildman–Crippen MR) is 82.5 cm³/mol. The first-order chi connectivity index (χ1) is 11.4. The molecule has 0 bridgehead atoms. The van der Waals surface area contributed by atoms with Crippen LogP contribution in [0.25, 0.3) is 12.2 Å². The van der Waals surface area contributed by atoms with Gasteiger partial charge in [0.25, 0.3) is 0 Å². The Morgan fingerprint density at radius 1 is 0.792 bits per heavy atom. The number of hydrogen-bond donors (Lipinski definition) is 3. The molecule has 0 saturated carbocycles. The molecule has 24 heavy (non-hydrogen) atoms. The molecule has 0 amide bonds. The third-order valence-corrected chi connectivity index (χ3v) is 4.30. The lowest BCUT2D eigenvalue weighted by Gasteiger charge is -2.21. The number of carbonyl (C=O) groups is 3. The summed E-state index contributed by atoms with van der Waals surface area (Å²) in [6, 6.07) is 4.03. The molecule has 4 rings (SSSR count). The van der Waals surface area contributed by atoms with E-state index in [9.17, 15) is 29.7 Å². The molecule has 0 fully saturated rings. The Bertz CT molecular complexity index is 1110. The van der Waals surface area contributed by atoms with Gasteiger partial charge in [0.1, 0.15) is 17.2 Å². The van der Waals surface area contributed by atoms with E-state index in [1.807, 2.05) is 0 Å². The molecule has 0 radical (unpaired) electrons. The first-order valence-electron chi connectivity index (χ1n) is 7.16. The van der Waals surface area contributed by atoms with Crippen molar-refractivity contribution in [1.82, 2.24) is 0 Å². The number of phenols is 3. The standard InChI is InChI=1S/C18H10O6/c19-7-4-5-8-10(6-7)17(23)13-14(15(8)21)18(24)12-9(16(13)22)2-1-3-11(12)20/h1-3,5-6,20-21,23H,4H2. The van der Waals surface area contributed by atoms with Crippen LogP contribution in [0.5, 0.6) is 17.2 Å². The Balaban J connectivity index is 2.20. The van der Waals surface area contributed by atoms with E-state index in [1.54, 1.807) is 0 Å². The highest BCUT2D eigenvalue weighted by atomic mass is 16.3. The molecule has 0 atom stereocenters. The minimum atomic E-state index is -0.751. The van der Waals surface area contributed by atoms with Crippen molar-refractivity contribution in [2.45, 2.75) is 6.42 Å². The monoisotopic (exact) mass is 322 g/mol. The van der Waals surface area contributed by atoms with Crippen molar-refractivity contribution >= 4 is 29.5 Å². The Morgan fingerprint density at radius 2 is 1.46 bits per heavy atom. The Labute approximate surface area is 134 Å². The lowest BCUT2D eigenvalue weighted by Crippen LogP contribution is -2.35. The summed E-state index contributed by atoms with van der Waals surface area (Å²) in [7, 11) is 0. The predicted octanol–water partition coefficient (Wildman–Crippen LogP) is 0.113. The number of Topliss-reactive ketones (excluding diaryl/α,β-unsaturated/α-hetero) is 1. The minimum Gasteiger partial charge on any atom is -0.507 e. The van der Waals surface area contributed by atoms with Gasteiger partial charge in [-0.05, 0) is 12.1 Å². The summed E-state index contributed by atoms with van der Waals surface area (Å²) in [4.78, 5) is 37.0. The van der Waals surface area contributed by atoms with Crippen molar-refractivity contribution in [3.8, 4) is 17.2 Å². The second kappa shape index (κ2) is 4.55. The zero-order valence-corrected chi connectivity index (χ0v) is 12.2. The van der Waals surface area contributed by atoms with Gasteiger partial charge in [-0.1, -0.05) is 18.2 Å². The number of hydrogen-bond acceptors (Lipinski definition) is 6. The SMILES string of the molecule is O=C1C=c2c(O)c3c(c(O)c2=CC1)C(=O)c1c(O)cccc1C3=O. The quantitative estimate of drug-likeness (QED) is 0.507. The van der Waals surface area contributed by atoms with Crippen LogP contribution in [-0.2, 0) is 4.79 Å². The van der Waals surface area contributed by atoms with Crippen LogP contribution in [0.3, 0.4) is 0 Å². The Hall–Kier alpha value is -3.41. The molecule has 6 heteroatoms. The molecule has 3 N–H and O–H groups in total. The summed E-state index contributed by atoms with van der Waals surface area (Å²) >= 11 is 0. The first-order valence-corrected chi connectivity index (χ1v) is 7.16. The molecule has 0 saturated heterocycles. The highest BCUT2D eigenvalue weighted by Crippen LogP contribution is 2.37. The number of carbonyl (C=O) groups excluding carboxylic acids is 3. The van der Waals surface area contributed by atoms with E-state index in [1.165, 1.54) is 24.3 Å². The normalized spacial score (nSPS) is 15.1. The zero-order chi connectivity index (χ0) is 17.2. The molecular weight excluding hydrogens is 312 g/mol. The van der Waals surface area contributed by atoms with Gasteiger partial charge in [-0.25, -0.2) is 0 Å². The molecule has 2 aromatic carbocycles. The zero-order valence-electron chi connectivity index (χ0n) is 12.2. The number of aromatic hydroxyl groups is 3. The summed E-state index contributed by atoms with van der Waals surface area (Å²) in [5.74, 6) is -3.11. The number of ketones is 3. The highest BCUT2D eigenvalue weighted by Gasteiger charge is 2.37. The molecule has 0 unspecified atom stereocenters. The average Bonchev–Trinajstić information content (AvgIpc) is 2.55. The fraction of sp³-hybridized carbons (Fsp3) is 0.0556. The molecule has 6 nitrogen and oxygen atoms in total. The molecule has 118 valence electrons. The maximum atomic E-state index is 12.7. The van der Waals surface area contributed by atoms with E-state index in [0.29, 0.717) is 0 Å². The van der Waals surface area contributed by atoms with Gasteiger partial charge in [-0.15, -0.1) is 0 Å². The second-order valence-corrected chi connectivity index (χ2v) is 5.65. The van der Waals surface area contributed by atoms with Crippen molar-refractivity contribution in [1.29, 1.82) is 0 Å². The molecule has 0 aliphatic heterocycles. The fourth-order valence-electron chi connectivity index (χ4n) is 3.21. The van der Waals surface area contributed by atoms with Crippen LogP contribution in [0.2, 0.25) is 0 Å². The smallest absolute Gasteiger partial charge is 0.202 e. The van der Waals surface area contributed by atoms with E-state index in [0.717, 1.165) is 6.08 Å². The maximum Gasteiger partial charge on any atom is 0.202 e. The van der Waals surface area contributed by atoms with E-state index in [2.05, 4.69) is 0 Å². The number of benzene rings is 2. The number of fused-ring (bicyclic) bond motifs is 3. The van der Waals surface area contributed by atoms with Crippen LogP contribution in [0.4, 0.5) is 0 Å². The van der Waals surface area contributed by atoms with Gasteiger partial charge in [0, 0.05) is 22.4 Å². The van der Waals surface area contributed by atoms with Crippen LogP contribution in [-0.4, -0.2) is 32.7 Å². The molecular formula is C18H10O6. The van der Waals surface area contributed by atoms with Crippen molar-refractivity contribution in [2.24, 2.45) is 0 Å². The largest absolute Gasteiger partial charge is 0.507 e. The lowest BCUT2D eigenvalue weighted by atomic mass is 9.81.